The van der Waals surface area contributed by atoms with Crippen molar-refractivity contribution in [3.05, 3.63) is 0 Å². The third kappa shape index (κ3) is 4.52. The molecule has 3 nitrogen and oxygen atoms in total. The van der Waals surface area contributed by atoms with E-state index in [-0.39, 0.29) is 0 Å². The Hall–Kier alpha value is -0.120. The third-order valence-corrected chi connectivity index (χ3v) is 4.54. The Morgan fingerprint density at radius 3 is 2.67 bits per heavy atom. The molecule has 1 saturated heterocycles. The van der Waals surface area contributed by atoms with Crippen LogP contribution in [-0.4, -0.2) is 61.2 Å². The van der Waals surface area contributed by atoms with Crippen LogP contribution < -0.4 is 5.32 Å². The van der Waals surface area contributed by atoms with Crippen LogP contribution in [0.3, 0.4) is 0 Å². The summed E-state index contributed by atoms with van der Waals surface area (Å²) in [6.07, 6.45) is 3.97. The van der Waals surface area contributed by atoms with Crippen molar-refractivity contribution in [3.63, 3.8) is 0 Å². The number of rotatable bonds is 8. The number of nitrogens with one attached hydrogen (secondary N) is 1. The van der Waals surface area contributed by atoms with Gasteiger partial charge in [-0.2, -0.15) is 0 Å². The Morgan fingerprint density at radius 2 is 2.06 bits per heavy atom. The van der Waals surface area contributed by atoms with Gasteiger partial charge in [0.15, 0.2) is 0 Å². The first-order valence-electron chi connectivity index (χ1n) is 7.77. The van der Waals surface area contributed by atoms with E-state index in [2.05, 4.69) is 49.9 Å². The second-order valence-electron chi connectivity index (χ2n) is 5.85. The monoisotopic (exact) mass is 255 g/mol. The van der Waals surface area contributed by atoms with E-state index in [4.69, 9.17) is 0 Å². The van der Waals surface area contributed by atoms with Gasteiger partial charge in [-0.3, -0.25) is 4.90 Å². The summed E-state index contributed by atoms with van der Waals surface area (Å²) < 4.78 is 0. The molecule has 1 heterocycles. The highest BCUT2D eigenvalue weighted by atomic mass is 15.2. The Kier molecular flexibility index (Phi) is 7.20. The normalized spacial score (nSPS) is 24.7. The van der Waals surface area contributed by atoms with Gasteiger partial charge in [0.1, 0.15) is 0 Å². The van der Waals surface area contributed by atoms with Crippen molar-refractivity contribution in [2.24, 2.45) is 0 Å². The summed E-state index contributed by atoms with van der Waals surface area (Å²) in [6.45, 7) is 14.0. The van der Waals surface area contributed by atoms with Gasteiger partial charge in [-0.05, 0) is 59.8 Å². The lowest BCUT2D eigenvalue weighted by atomic mass is 10.1. The topological polar surface area (TPSA) is 18.5 Å². The van der Waals surface area contributed by atoms with Crippen molar-refractivity contribution in [1.29, 1.82) is 0 Å². The van der Waals surface area contributed by atoms with Gasteiger partial charge in [-0.15, -0.1) is 0 Å². The van der Waals surface area contributed by atoms with E-state index >= 15 is 0 Å². The van der Waals surface area contributed by atoms with Gasteiger partial charge in [0.2, 0.25) is 0 Å². The standard InChI is InChI=1S/C15H33N3/c1-6-10-16-13(3)14(4)17(5)12-15-9-8-11-18(15)7-2/h13-16H,6-12H2,1-5H3. The van der Waals surface area contributed by atoms with E-state index in [1.807, 2.05) is 0 Å². The minimum atomic E-state index is 0.575. The van der Waals surface area contributed by atoms with Crippen molar-refractivity contribution in [2.45, 2.75) is 65.1 Å². The molecule has 3 atom stereocenters. The molecule has 0 spiro atoms. The predicted octanol–water partition coefficient (Wildman–Crippen LogP) is 2.18. The molecular weight excluding hydrogens is 222 g/mol. The minimum absolute atomic E-state index is 0.575. The van der Waals surface area contributed by atoms with Crippen LogP contribution in [0.25, 0.3) is 0 Å². The highest BCUT2D eigenvalue weighted by Crippen LogP contribution is 2.18. The Labute approximate surface area is 114 Å². The van der Waals surface area contributed by atoms with Crippen LogP contribution >= 0.6 is 0 Å². The van der Waals surface area contributed by atoms with Gasteiger partial charge in [0, 0.05) is 24.7 Å². The first-order chi connectivity index (χ1) is 8.60. The van der Waals surface area contributed by atoms with Crippen LogP contribution in [-0.2, 0) is 0 Å². The molecule has 1 rings (SSSR count). The van der Waals surface area contributed by atoms with E-state index in [9.17, 15) is 0 Å². The van der Waals surface area contributed by atoms with Gasteiger partial charge in [0.25, 0.3) is 0 Å². The molecule has 0 aromatic heterocycles. The SMILES string of the molecule is CCCNC(C)C(C)N(C)CC1CCCN1CC. The highest BCUT2D eigenvalue weighted by Gasteiger charge is 2.26. The summed E-state index contributed by atoms with van der Waals surface area (Å²) in [7, 11) is 2.28. The molecule has 3 heteroatoms. The van der Waals surface area contributed by atoms with Crippen LogP contribution in [0.2, 0.25) is 0 Å². The van der Waals surface area contributed by atoms with Crippen LogP contribution in [0, 0.1) is 0 Å². The number of nitrogens with zero attached hydrogens (tertiary/aromatic N) is 2. The summed E-state index contributed by atoms with van der Waals surface area (Å²) in [5, 5.41) is 3.61. The summed E-state index contributed by atoms with van der Waals surface area (Å²) >= 11 is 0. The third-order valence-electron chi connectivity index (χ3n) is 4.54. The van der Waals surface area contributed by atoms with Gasteiger partial charge < -0.3 is 10.2 Å². The molecule has 0 amide bonds. The quantitative estimate of drug-likeness (QED) is 0.717. The zero-order valence-electron chi connectivity index (χ0n) is 13.1. The second-order valence-corrected chi connectivity index (χ2v) is 5.85. The molecule has 0 aliphatic carbocycles. The Morgan fingerprint density at radius 1 is 1.33 bits per heavy atom. The fraction of sp³-hybridized carbons (Fsp3) is 1.00. The molecular formula is C15H33N3. The molecule has 0 aromatic rings. The smallest absolute Gasteiger partial charge is 0.0223 e. The van der Waals surface area contributed by atoms with Gasteiger partial charge >= 0.3 is 0 Å². The zero-order chi connectivity index (χ0) is 13.5. The van der Waals surface area contributed by atoms with Crippen LogP contribution in [0.4, 0.5) is 0 Å². The maximum absolute atomic E-state index is 3.61. The zero-order valence-corrected chi connectivity index (χ0v) is 13.1. The minimum Gasteiger partial charge on any atom is -0.313 e. The predicted molar refractivity (Wildman–Crippen MR) is 80.1 cm³/mol. The molecule has 0 saturated carbocycles. The molecule has 1 aliphatic heterocycles. The average Bonchev–Trinajstić information content (AvgIpc) is 2.81. The van der Waals surface area contributed by atoms with E-state index in [0.717, 1.165) is 12.6 Å². The van der Waals surface area contributed by atoms with Crippen LogP contribution in [0.15, 0.2) is 0 Å². The van der Waals surface area contributed by atoms with E-state index in [1.165, 1.54) is 38.9 Å². The lowest BCUT2D eigenvalue weighted by molar-refractivity contribution is 0.151. The molecule has 1 N–H and O–H groups in total. The largest absolute Gasteiger partial charge is 0.313 e. The van der Waals surface area contributed by atoms with E-state index in [0.29, 0.717) is 12.1 Å². The Bertz CT molecular complexity index is 220. The molecule has 3 unspecified atom stereocenters. The summed E-state index contributed by atoms with van der Waals surface area (Å²) in [4.78, 5) is 5.17. The van der Waals surface area contributed by atoms with Crippen LogP contribution in [0.5, 0.6) is 0 Å². The summed E-state index contributed by atoms with van der Waals surface area (Å²) in [5.74, 6) is 0. The fourth-order valence-electron chi connectivity index (χ4n) is 2.94. The molecule has 0 radical (unpaired) electrons. The summed E-state index contributed by atoms with van der Waals surface area (Å²) in [6, 6.07) is 1.96. The Balaban J connectivity index is 2.36. The molecule has 0 bridgehead atoms. The highest BCUT2D eigenvalue weighted by molar-refractivity contribution is 4.84. The number of hydrogen-bond acceptors (Lipinski definition) is 3. The lowest BCUT2D eigenvalue weighted by Gasteiger charge is -2.34. The number of hydrogen-bond donors (Lipinski definition) is 1. The molecule has 108 valence electrons. The second kappa shape index (κ2) is 8.13. The van der Waals surface area contributed by atoms with Crippen molar-refractivity contribution in [1.82, 2.24) is 15.1 Å². The molecule has 1 aliphatic rings. The van der Waals surface area contributed by atoms with Crippen molar-refractivity contribution < 1.29 is 0 Å². The first kappa shape index (κ1) is 15.9. The maximum atomic E-state index is 3.61. The average molecular weight is 255 g/mol. The van der Waals surface area contributed by atoms with Gasteiger partial charge in [-0.25, -0.2) is 0 Å². The first-order valence-corrected chi connectivity index (χ1v) is 7.77. The lowest BCUT2D eigenvalue weighted by Crippen LogP contribution is -2.49. The number of likely N-dealkylation sites (tertiary alicyclic amines) is 1. The molecule has 18 heavy (non-hydrogen) atoms. The van der Waals surface area contributed by atoms with E-state index < -0.39 is 0 Å². The maximum Gasteiger partial charge on any atom is 0.0223 e. The number of likely N-dealkylation sites (N-methyl/N-ethyl adjacent to an activating group) is 2. The van der Waals surface area contributed by atoms with E-state index in [1.54, 1.807) is 0 Å². The molecule has 0 aromatic carbocycles. The van der Waals surface area contributed by atoms with Gasteiger partial charge in [-0.1, -0.05) is 13.8 Å². The van der Waals surface area contributed by atoms with Crippen molar-refractivity contribution >= 4 is 0 Å². The fourth-order valence-corrected chi connectivity index (χ4v) is 2.94. The summed E-state index contributed by atoms with van der Waals surface area (Å²) in [5.41, 5.74) is 0. The van der Waals surface area contributed by atoms with Crippen molar-refractivity contribution in [3.8, 4) is 0 Å². The molecule has 1 fully saturated rings. The van der Waals surface area contributed by atoms with Gasteiger partial charge in [0.05, 0.1) is 0 Å². The van der Waals surface area contributed by atoms with Crippen LogP contribution in [0.1, 0.15) is 47.0 Å². The van der Waals surface area contributed by atoms with Crippen molar-refractivity contribution in [2.75, 3.05) is 33.2 Å².